The zero-order chi connectivity index (χ0) is 13.1. The van der Waals surface area contributed by atoms with Gasteiger partial charge in [0, 0.05) is 30.6 Å². The standard InChI is InChI=1S/C12H13N3O3/c1-15-5-3-8(6-11(15)16)9-2-4-13-7-10(9)14-12(17)18/h2-6,13-14H,7H2,1H3,(H,17,18). The summed E-state index contributed by atoms with van der Waals surface area (Å²) in [5.41, 5.74) is 1.79. The molecule has 0 aromatic carbocycles. The van der Waals surface area contributed by atoms with Crippen LogP contribution in [0.2, 0.25) is 0 Å². The van der Waals surface area contributed by atoms with Gasteiger partial charge in [-0.05, 0) is 23.9 Å². The number of nitrogens with one attached hydrogen (secondary N) is 2. The third-order valence-electron chi connectivity index (χ3n) is 2.64. The van der Waals surface area contributed by atoms with Gasteiger partial charge in [0.1, 0.15) is 0 Å². The molecule has 2 rings (SSSR count). The van der Waals surface area contributed by atoms with Gasteiger partial charge in [0.15, 0.2) is 0 Å². The monoisotopic (exact) mass is 247 g/mol. The number of allylic oxidation sites excluding steroid dienone is 2. The van der Waals surface area contributed by atoms with Crippen LogP contribution >= 0.6 is 0 Å². The van der Waals surface area contributed by atoms with Crippen molar-refractivity contribution < 1.29 is 9.90 Å². The average molecular weight is 247 g/mol. The smallest absolute Gasteiger partial charge is 0.408 e. The maximum Gasteiger partial charge on any atom is 0.408 e. The van der Waals surface area contributed by atoms with Crippen molar-refractivity contribution in [1.82, 2.24) is 15.2 Å². The molecule has 3 N–H and O–H groups in total. The molecule has 0 bridgehead atoms. The lowest BCUT2D eigenvalue weighted by atomic mass is 10.0. The third-order valence-corrected chi connectivity index (χ3v) is 2.64. The van der Waals surface area contributed by atoms with Crippen LogP contribution in [0, 0.1) is 0 Å². The molecule has 2 heterocycles. The number of carboxylic acid groups (broad SMARTS) is 1. The van der Waals surface area contributed by atoms with Crippen molar-refractivity contribution in [2.45, 2.75) is 0 Å². The zero-order valence-electron chi connectivity index (χ0n) is 9.80. The Morgan fingerprint density at radius 1 is 1.56 bits per heavy atom. The molecule has 0 spiro atoms. The molecule has 6 nitrogen and oxygen atoms in total. The van der Waals surface area contributed by atoms with Gasteiger partial charge in [-0.3, -0.25) is 10.1 Å². The van der Waals surface area contributed by atoms with Crippen molar-refractivity contribution >= 4 is 11.7 Å². The zero-order valence-corrected chi connectivity index (χ0v) is 9.80. The number of amides is 1. The molecular weight excluding hydrogens is 234 g/mol. The third kappa shape index (κ3) is 2.42. The van der Waals surface area contributed by atoms with E-state index in [4.69, 9.17) is 5.11 Å². The van der Waals surface area contributed by atoms with E-state index < -0.39 is 6.09 Å². The SMILES string of the molecule is Cn1ccc(C2=C(NC(=O)O)CNC=C2)cc1=O. The highest BCUT2D eigenvalue weighted by atomic mass is 16.4. The second-order valence-electron chi connectivity index (χ2n) is 3.90. The van der Waals surface area contributed by atoms with Gasteiger partial charge in [0.05, 0.1) is 6.54 Å². The quantitative estimate of drug-likeness (QED) is 0.710. The van der Waals surface area contributed by atoms with Crippen molar-refractivity contribution in [1.29, 1.82) is 0 Å². The van der Waals surface area contributed by atoms with E-state index in [1.807, 2.05) is 0 Å². The molecule has 1 aliphatic rings. The van der Waals surface area contributed by atoms with E-state index in [9.17, 15) is 9.59 Å². The van der Waals surface area contributed by atoms with Gasteiger partial charge in [-0.1, -0.05) is 0 Å². The summed E-state index contributed by atoms with van der Waals surface area (Å²) in [6.07, 6.45) is 3.99. The van der Waals surface area contributed by atoms with Crippen molar-refractivity contribution in [2.75, 3.05) is 6.54 Å². The fourth-order valence-electron chi connectivity index (χ4n) is 1.73. The number of aryl methyl sites for hydroxylation is 1. The minimum atomic E-state index is -1.12. The molecule has 0 radical (unpaired) electrons. The van der Waals surface area contributed by atoms with Crippen molar-refractivity contribution in [2.24, 2.45) is 7.05 Å². The Kier molecular flexibility index (Phi) is 3.18. The topological polar surface area (TPSA) is 83.4 Å². The first-order valence-corrected chi connectivity index (χ1v) is 5.38. The van der Waals surface area contributed by atoms with Gasteiger partial charge in [0.25, 0.3) is 5.56 Å². The van der Waals surface area contributed by atoms with Crippen LogP contribution in [0.15, 0.2) is 41.1 Å². The van der Waals surface area contributed by atoms with E-state index in [1.165, 1.54) is 10.6 Å². The Labute approximate surface area is 103 Å². The van der Waals surface area contributed by atoms with Crippen LogP contribution in [0.25, 0.3) is 5.57 Å². The number of hydrogen-bond donors (Lipinski definition) is 3. The first kappa shape index (κ1) is 12.0. The number of nitrogens with zero attached hydrogens (tertiary/aromatic N) is 1. The Hall–Kier alpha value is -2.50. The summed E-state index contributed by atoms with van der Waals surface area (Å²) < 4.78 is 1.46. The molecule has 0 saturated carbocycles. The van der Waals surface area contributed by atoms with Crippen LogP contribution < -0.4 is 16.2 Å². The first-order chi connectivity index (χ1) is 8.58. The maximum atomic E-state index is 11.6. The number of carbonyl (C=O) groups is 1. The van der Waals surface area contributed by atoms with Crippen LogP contribution in [-0.2, 0) is 7.05 Å². The number of aromatic nitrogens is 1. The largest absolute Gasteiger partial charge is 0.465 e. The summed E-state index contributed by atoms with van der Waals surface area (Å²) in [4.78, 5) is 22.3. The number of hydrogen-bond acceptors (Lipinski definition) is 3. The molecule has 94 valence electrons. The number of rotatable bonds is 2. The minimum Gasteiger partial charge on any atom is -0.465 e. The Morgan fingerprint density at radius 3 is 3.00 bits per heavy atom. The highest BCUT2D eigenvalue weighted by Crippen LogP contribution is 2.19. The van der Waals surface area contributed by atoms with Crippen molar-refractivity contribution in [3.8, 4) is 0 Å². The summed E-state index contributed by atoms with van der Waals surface area (Å²) >= 11 is 0. The number of pyridine rings is 1. The highest BCUT2D eigenvalue weighted by molar-refractivity contribution is 5.81. The normalized spacial score (nSPS) is 14.3. The average Bonchev–Trinajstić information content (AvgIpc) is 2.33. The van der Waals surface area contributed by atoms with Crippen LogP contribution in [0.5, 0.6) is 0 Å². The molecule has 0 unspecified atom stereocenters. The van der Waals surface area contributed by atoms with E-state index in [1.54, 1.807) is 31.6 Å². The van der Waals surface area contributed by atoms with E-state index in [0.29, 0.717) is 23.4 Å². The Balaban J connectivity index is 2.47. The molecule has 0 fully saturated rings. The van der Waals surface area contributed by atoms with Crippen molar-refractivity contribution in [3.05, 3.63) is 52.2 Å². The second kappa shape index (κ2) is 4.79. The van der Waals surface area contributed by atoms with E-state index in [0.717, 1.165) is 0 Å². The van der Waals surface area contributed by atoms with Gasteiger partial charge in [-0.25, -0.2) is 4.79 Å². The van der Waals surface area contributed by atoms with E-state index in [-0.39, 0.29) is 5.56 Å². The lowest BCUT2D eigenvalue weighted by Crippen LogP contribution is -2.29. The molecule has 0 saturated heterocycles. The molecular formula is C12H13N3O3. The van der Waals surface area contributed by atoms with Crippen LogP contribution in [0.1, 0.15) is 5.56 Å². The first-order valence-electron chi connectivity index (χ1n) is 5.38. The molecule has 6 heteroatoms. The summed E-state index contributed by atoms with van der Waals surface area (Å²) in [6, 6.07) is 3.25. The summed E-state index contributed by atoms with van der Waals surface area (Å²) in [7, 11) is 1.66. The predicted octanol–water partition coefficient (Wildman–Crippen LogP) is 0.481. The molecule has 0 atom stereocenters. The summed E-state index contributed by atoms with van der Waals surface area (Å²) in [5.74, 6) is 0. The molecule has 1 amide bonds. The molecule has 1 aromatic heterocycles. The highest BCUT2D eigenvalue weighted by Gasteiger charge is 2.12. The fraction of sp³-hybridized carbons (Fsp3) is 0.167. The van der Waals surface area contributed by atoms with Crippen LogP contribution in [0.4, 0.5) is 4.79 Å². The lowest BCUT2D eigenvalue weighted by Gasteiger charge is -2.17. The van der Waals surface area contributed by atoms with Gasteiger partial charge >= 0.3 is 6.09 Å². The molecule has 1 aliphatic heterocycles. The lowest BCUT2D eigenvalue weighted by molar-refractivity contribution is 0.197. The van der Waals surface area contributed by atoms with Crippen molar-refractivity contribution in [3.63, 3.8) is 0 Å². The van der Waals surface area contributed by atoms with Gasteiger partial charge in [-0.2, -0.15) is 0 Å². The molecule has 0 aliphatic carbocycles. The van der Waals surface area contributed by atoms with Crippen LogP contribution in [-0.4, -0.2) is 22.3 Å². The van der Waals surface area contributed by atoms with Gasteiger partial charge < -0.3 is 15.0 Å². The molecule has 18 heavy (non-hydrogen) atoms. The Morgan fingerprint density at radius 2 is 2.33 bits per heavy atom. The van der Waals surface area contributed by atoms with Gasteiger partial charge in [-0.15, -0.1) is 0 Å². The number of dihydropyridines is 1. The second-order valence-corrected chi connectivity index (χ2v) is 3.90. The minimum absolute atomic E-state index is 0.137. The summed E-state index contributed by atoms with van der Waals surface area (Å²) in [5, 5.41) is 14.0. The fourth-order valence-corrected chi connectivity index (χ4v) is 1.73. The van der Waals surface area contributed by atoms with Gasteiger partial charge in [0.2, 0.25) is 0 Å². The van der Waals surface area contributed by atoms with E-state index in [2.05, 4.69) is 10.6 Å². The van der Waals surface area contributed by atoms with E-state index >= 15 is 0 Å². The van der Waals surface area contributed by atoms with Crippen LogP contribution in [0.3, 0.4) is 0 Å². The molecule has 1 aromatic rings. The summed E-state index contributed by atoms with van der Waals surface area (Å²) in [6.45, 7) is 0.382. The predicted molar refractivity (Wildman–Crippen MR) is 66.9 cm³/mol. The Bertz CT molecular complexity index is 599. The maximum absolute atomic E-state index is 11.6.